The number of nitro benzene ring substituents is 1. The Morgan fingerprint density at radius 2 is 2.13 bits per heavy atom. The van der Waals surface area contributed by atoms with Gasteiger partial charge in [-0.1, -0.05) is 24.3 Å². The highest BCUT2D eigenvalue weighted by Gasteiger charge is 2.26. The van der Waals surface area contributed by atoms with E-state index in [2.05, 4.69) is 20.4 Å². The van der Waals surface area contributed by atoms with Gasteiger partial charge in [-0.25, -0.2) is 4.99 Å². The number of guanidine groups is 1. The van der Waals surface area contributed by atoms with E-state index < -0.39 is 11.5 Å². The fraction of sp³-hybridized carbons (Fsp3) is 0.381. The first kappa shape index (κ1) is 22.3. The summed E-state index contributed by atoms with van der Waals surface area (Å²) in [5.41, 5.74) is 1.39. The monoisotopic (exact) mass is 433 g/mol. The number of para-hydroxylation sites is 2. The smallest absolute Gasteiger partial charge is 0.387 e. The van der Waals surface area contributed by atoms with E-state index in [1.54, 1.807) is 30.3 Å². The number of nitrogens with zero attached hydrogens (tertiary/aromatic N) is 3. The minimum absolute atomic E-state index is 0.0294. The maximum atomic E-state index is 12.7. The van der Waals surface area contributed by atoms with Crippen LogP contribution in [-0.4, -0.2) is 43.2 Å². The normalized spacial score (nSPS) is 16.5. The zero-order valence-electron chi connectivity index (χ0n) is 17.1. The predicted octanol–water partition coefficient (Wildman–Crippen LogP) is 3.53. The van der Waals surface area contributed by atoms with Gasteiger partial charge in [0.2, 0.25) is 0 Å². The number of ether oxygens (including phenoxy) is 1. The van der Waals surface area contributed by atoms with Gasteiger partial charge in [0, 0.05) is 37.8 Å². The molecular formula is C21H25F2N5O3. The molecule has 0 aliphatic carbocycles. The summed E-state index contributed by atoms with van der Waals surface area (Å²) in [4.78, 5) is 17.0. The first-order valence-electron chi connectivity index (χ1n) is 10.0. The number of hydrogen-bond acceptors (Lipinski definition) is 5. The molecular weight excluding hydrogens is 408 g/mol. The molecule has 0 amide bonds. The Bertz CT molecular complexity index is 925. The van der Waals surface area contributed by atoms with Gasteiger partial charge in [-0.15, -0.1) is 0 Å². The van der Waals surface area contributed by atoms with Crippen LogP contribution < -0.4 is 20.3 Å². The van der Waals surface area contributed by atoms with E-state index in [0.717, 1.165) is 12.0 Å². The Hall–Kier alpha value is -3.43. The van der Waals surface area contributed by atoms with Gasteiger partial charge in [0.1, 0.15) is 5.75 Å². The number of non-ortho nitro benzene ring substituents is 1. The molecule has 1 unspecified atom stereocenters. The average Bonchev–Trinajstić information content (AvgIpc) is 3.20. The van der Waals surface area contributed by atoms with Crippen molar-refractivity contribution >= 4 is 17.3 Å². The lowest BCUT2D eigenvalue weighted by molar-refractivity contribution is -0.384. The third-order valence-corrected chi connectivity index (χ3v) is 4.84. The van der Waals surface area contributed by atoms with Gasteiger partial charge in [0.15, 0.2) is 5.96 Å². The number of anilines is 1. The van der Waals surface area contributed by atoms with Crippen LogP contribution >= 0.6 is 0 Å². The summed E-state index contributed by atoms with van der Waals surface area (Å²) in [5.74, 6) is 0.752. The first-order valence-corrected chi connectivity index (χ1v) is 10.0. The van der Waals surface area contributed by atoms with Gasteiger partial charge in [-0.2, -0.15) is 8.78 Å². The van der Waals surface area contributed by atoms with E-state index in [9.17, 15) is 18.9 Å². The summed E-state index contributed by atoms with van der Waals surface area (Å²) < 4.78 is 30.0. The van der Waals surface area contributed by atoms with Gasteiger partial charge in [0.05, 0.1) is 17.2 Å². The molecule has 1 saturated heterocycles. The summed E-state index contributed by atoms with van der Waals surface area (Å²) >= 11 is 0. The van der Waals surface area contributed by atoms with Crippen LogP contribution in [0.25, 0.3) is 0 Å². The Kier molecular flexibility index (Phi) is 7.58. The molecule has 2 N–H and O–H groups in total. The number of nitro groups is 1. The number of hydrogen-bond donors (Lipinski definition) is 2. The van der Waals surface area contributed by atoms with Crippen molar-refractivity contribution in [2.75, 3.05) is 24.5 Å². The van der Waals surface area contributed by atoms with Crippen LogP contribution in [0.2, 0.25) is 0 Å². The lowest BCUT2D eigenvalue weighted by Gasteiger charge is -2.22. The summed E-state index contributed by atoms with van der Waals surface area (Å²) in [6, 6.07) is 13.2. The van der Waals surface area contributed by atoms with Crippen molar-refractivity contribution < 1.29 is 18.4 Å². The van der Waals surface area contributed by atoms with Crippen molar-refractivity contribution in [2.45, 2.75) is 32.5 Å². The quantitative estimate of drug-likeness (QED) is 0.286. The molecule has 1 atom stereocenters. The van der Waals surface area contributed by atoms with E-state index in [1.807, 2.05) is 11.8 Å². The Morgan fingerprint density at radius 1 is 1.32 bits per heavy atom. The van der Waals surface area contributed by atoms with E-state index >= 15 is 0 Å². The molecule has 166 valence electrons. The molecule has 0 radical (unpaired) electrons. The third-order valence-electron chi connectivity index (χ3n) is 4.84. The summed E-state index contributed by atoms with van der Waals surface area (Å²) in [5, 5.41) is 17.5. The van der Waals surface area contributed by atoms with Crippen molar-refractivity contribution in [3.8, 4) is 5.75 Å². The lowest BCUT2D eigenvalue weighted by Crippen LogP contribution is -2.44. The second-order valence-corrected chi connectivity index (χ2v) is 7.04. The van der Waals surface area contributed by atoms with E-state index in [1.165, 1.54) is 18.2 Å². The molecule has 1 fully saturated rings. The highest BCUT2D eigenvalue weighted by molar-refractivity contribution is 5.80. The largest absolute Gasteiger partial charge is 0.433 e. The van der Waals surface area contributed by atoms with E-state index in [0.29, 0.717) is 37.8 Å². The van der Waals surface area contributed by atoms with E-state index in [4.69, 9.17) is 0 Å². The zero-order valence-corrected chi connectivity index (χ0v) is 17.1. The van der Waals surface area contributed by atoms with Crippen molar-refractivity contribution in [3.63, 3.8) is 0 Å². The number of halogens is 2. The molecule has 31 heavy (non-hydrogen) atoms. The van der Waals surface area contributed by atoms with Crippen LogP contribution in [0.3, 0.4) is 0 Å². The van der Waals surface area contributed by atoms with Crippen LogP contribution in [0.4, 0.5) is 20.2 Å². The van der Waals surface area contributed by atoms with Gasteiger partial charge in [-0.05, 0) is 31.0 Å². The minimum Gasteiger partial charge on any atom is -0.433 e. The number of rotatable bonds is 8. The van der Waals surface area contributed by atoms with Crippen LogP contribution in [0.15, 0.2) is 53.5 Å². The van der Waals surface area contributed by atoms with E-state index in [-0.39, 0.29) is 17.5 Å². The Labute approximate surface area is 179 Å². The summed E-state index contributed by atoms with van der Waals surface area (Å²) in [6.45, 7) is 1.31. The molecule has 1 heterocycles. The lowest BCUT2D eigenvalue weighted by atomic mass is 10.2. The Morgan fingerprint density at radius 3 is 2.87 bits per heavy atom. The fourth-order valence-corrected chi connectivity index (χ4v) is 3.46. The highest BCUT2D eigenvalue weighted by atomic mass is 19.3. The third kappa shape index (κ3) is 6.27. The van der Waals surface area contributed by atoms with Crippen molar-refractivity contribution in [1.82, 2.24) is 10.6 Å². The maximum absolute atomic E-state index is 12.7. The molecule has 1 aliphatic rings. The summed E-state index contributed by atoms with van der Waals surface area (Å²) in [6.07, 6.45) is 0.796. The minimum atomic E-state index is -2.88. The molecule has 0 spiro atoms. The van der Waals surface area contributed by atoms with Crippen LogP contribution in [0.5, 0.6) is 5.75 Å². The average molecular weight is 433 g/mol. The number of benzene rings is 2. The molecule has 0 aromatic heterocycles. The summed E-state index contributed by atoms with van der Waals surface area (Å²) in [7, 11) is 0. The van der Waals surface area contributed by atoms with Crippen LogP contribution in [0, 0.1) is 10.1 Å². The molecule has 2 aromatic carbocycles. The van der Waals surface area contributed by atoms with Gasteiger partial charge >= 0.3 is 6.61 Å². The van der Waals surface area contributed by atoms with Crippen molar-refractivity contribution in [1.29, 1.82) is 0 Å². The maximum Gasteiger partial charge on any atom is 0.387 e. The second-order valence-electron chi connectivity index (χ2n) is 7.04. The molecule has 3 rings (SSSR count). The molecule has 8 nitrogen and oxygen atoms in total. The highest BCUT2D eigenvalue weighted by Crippen LogP contribution is 2.31. The number of nitrogens with one attached hydrogen (secondary N) is 2. The predicted molar refractivity (Wildman–Crippen MR) is 115 cm³/mol. The SMILES string of the molecule is CCNC(=NCc1cccc([N+](=O)[O-])c1)NC1CCN(c2ccccc2OC(F)F)C1. The van der Waals surface area contributed by atoms with Gasteiger partial charge in [-0.3, -0.25) is 10.1 Å². The molecule has 2 aromatic rings. The Balaban J connectivity index is 1.64. The van der Waals surface area contributed by atoms with Gasteiger partial charge < -0.3 is 20.3 Å². The van der Waals surface area contributed by atoms with Crippen molar-refractivity contribution in [2.24, 2.45) is 4.99 Å². The van der Waals surface area contributed by atoms with Crippen LogP contribution in [-0.2, 0) is 6.54 Å². The fourth-order valence-electron chi connectivity index (χ4n) is 3.46. The van der Waals surface area contributed by atoms with Crippen LogP contribution in [0.1, 0.15) is 18.9 Å². The molecule has 0 saturated carbocycles. The number of aliphatic imine (C=N–C) groups is 1. The zero-order chi connectivity index (χ0) is 22.2. The first-order chi connectivity index (χ1) is 15.0. The number of alkyl halides is 2. The molecule has 10 heteroatoms. The second kappa shape index (κ2) is 10.6. The van der Waals surface area contributed by atoms with Gasteiger partial charge in [0.25, 0.3) is 5.69 Å². The molecule has 1 aliphatic heterocycles. The standard InChI is InChI=1S/C21H25F2N5O3/c1-2-24-21(25-13-15-6-5-7-17(12-15)28(29)30)26-16-10-11-27(14-16)18-8-3-4-9-19(18)31-20(22)23/h3-9,12,16,20H,2,10-11,13-14H2,1H3,(H2,24,25,26). The molecule has 0 bridgehead atoms. The topological polar surface area (TPSA) is 92.0 Å². The van der Waals surface area contributed by atoms with Crippen molar-refractivity contribution in [3.05, 3.63) is 64.2 Å².